The van der Waals surface area contributed by atoms with E-state index in [4.69, 9.17) is 9.88 Å². The van der Waals surface area contributed by atoms with Gasteiger partial charge in [-0.2, -0.15) is 0 Å². The van der Waals surface area contributed by atoms with Gasteiger partial charge < -0.3 is 9.04 Å². The van der Waals surface area contributed by atoms with Gasteiger partial charge in [0.05, 0.1) is 17.4 Å². The van der Waals surface area contributed by atoms with Gasteiger partial charge in [0.25, 0.3) is 0 Å². The van der Waals surface area contributed by atoms with Crippen LogP contribution >= 0.6 is 23.3 Å². The largest absolute Gasteiger partial charge is 0.379 e. The number of fused-ring (bicyclic) bond motifs is 1. The summed E-state index contributed by atoms with van der Waals surface area (Å²) >= 11 is 2.94. The van der Waals surface area contributed by atoms with Crippen LogP contribution in [-0.2, 0) is 14.8 Å². The Hall–Kier alpha value is -0.580. The number of nitrogens with two attached hydrogens (primary N) is 1. The summed E-state index contributed by atoms with van der Waals surface area (Å²) in [6.07, 6.45) is 4.72. The summed E-state index contributed by atoms with van der Waals surface area (Å²) in [6, 6.07) is 1.70. The fourth-order valence-corrected chi connectivity index (χ4v) is 6.28. The minimum atomic E-state index is -3.64. The van der Waals surface area contributed by atoms with Crippen LogP contribution in [0.4, 0.5) is 0 Å². The Morgan fingerprint density at radius 3 is 2.71 bits per heavy atom. The number of sulfonamides is 1. The fraction of sp³-hybridized carbons (Fsp3) is 0.600. The van der Waals surface area contributed by atoms with Crippen molar-refractivity contribution in [1.29, 1.82) is 0 Å². The molecule has 0 radical (unpaired) electrons. The van der Waals surface area contributed by atoms with Gasteiger partial charge in [-0.05, 0) is 42.8 Å². The maximum Gasteiger partial charge on any atom is 0.247 e. The van der Waals surface area contributed by atoms with Gasteiger partial charge in [0.15, 0.2) is 0 Å². The lowest BCUT2D eigenvalue weighted by Crippen LogP contribution is -2.39. The van der Waals surface area contributed by atoms with Crippen LogP contribution in [0.15, 0.2) is 20.2 Å². The molecule has 1 saturated carbocycles. The molecule has 0 unspecified atom stereocenters. The molecule has 0 bridgehead atoms. The van der Waals surface area contributed by atoms with Gasteiger partial charge in [0.2, 0.25) is 10.0 Å². The van der Waals surface area contributed by atoms with E-state index in [0.29, 0.717) is 0 Å². The standard InChI is InChI=1S/C15H21N3O3S3/c16-24(19,20)14-8-12-7-13(10-17-3-5-21-6-4-17)18(9-11-1-2-11)23-15(12)22-14/h7-8,11H,1-6,9-10H2,(H2,16,19,20). The monoisotopic (exact) mass is 387 g/mol. The van der Waals surface area contributed by atoms with E-state index >= 15 is 0 Å². The van der Waals surface area contributed by atoms with Gasteiger partial charge in [0.1, 0.15) is 4.21 Å². The van der Waals surface area contributed by atoms with Crippen LogP contribution in [0.25, 0.3) is 6.08 Å². The topological polar surface area (TPSA) is 75.9 Å². The number of primary sulfonamides is 1. The van der Waals surface area contributed by atoms with Gasteiger partial charge in [0, 0.05) is 37.4 Å². The zero-order valence-electron chi connectivity index (χ0n) is 13.3. The Morgan fingerprint density at radius 1 is 1.29 bits per heavy atom. The number of rotatable bonds is 5. The molecule has 6 nitrogen and oxygen atoms in total. The highest BCUT2D eigenvalue weighted by molar-refractivity contribution is 7.99. The van der Waals surface area contributed by atoms with Crippen molar-refractivity contribution in [1.82, 2.24) is 9.21 Å². The van der Waals surface area contributed by atoms with E-state index in [1.54, 1.807) is 18.0 Å². The molecule has 1 saturated heterocycles. The van der Waals surface area contributed by atoms with Crippen molar-refractivity contribution in [3.63, 3.8) is 0 Å². The van der Waals surface area contributed by atoms with E-state index in [-0.39, 0.29) is 4.21 Å². The highest BCUT2D eigenvalue weighted by Crippen LogP contribution is 2.45. The summed E-state index contributed by atoms with van der Waals surface area (Å²) in [5.41, 5.74) is 2.23. The molecule has 0 aromatic carbocycles. The van der Waals surface area contributed by atoms with Crippen LogP contribution in [0, 0.1) is 5.92 Å². The molecule has 2 aliphatic heterocycles. The molecule has 2 N–H and O–H groups in total. The second-order valence-corrected chi connectivity index (χ2v) is 10.6. The van der Waals surface area contributed by atoms with Crippen molar-refractivity contribution in [3.05, 3.63) is 17.3 Å². The van der Waals surface area contributed by atoms with Gasteiger partial charge in [-0.1, -0.05) is 0 Å². The zero-order valence-corrected chi connectivity index (χ0v) is 15.8. The molecule has 0 spiro atoms. The molecule has 3 aliphatic rings. The third kappa shape index (κ3) is 3.81. The first-order chi connectivity index (χ1) is 11.5. The Kier molecular flexibility index (Phi) is 4.65. The molecular formula is C15H21N3O3S3. The highest BCUT2D eigenvalue weighted by Gasteiger charge is 2.30. The van der Waals surface area contributed by atoms with Gasteiger partial charge in [-0.15, -0.1) is 11.3 Å². The SMILES string of the molecule is NS(=O)(=O)c1cc2c(s1)SN(CC1CC1)C(CN1CCOCC1)=C2. The second-order valence-electron chi connectivity index (χ2n) is 6.47. The van der Waals surface area contributed by atoms with Crippen LogP contribution in [0.1, 0.15) is 18.4 Å². The lowest BCUT2D eigenvalue weighted by Gasteiger charge is -2.34. The Morgan fingerprint density at radius 2 is 2.04 bits per heavy atom. The van der Waals surface area contributed by atoms with E-state index < -0.39 is 10.0 Å². The van der Waals surface area contributed by atoms with E-state index in [1.807, 2.05) is 0 Å². The predicted molar refractivity (Wildman–Crippen MR) is 96.2 cm³/mol. The summed E-state index contributed by atoms with van der Waals surface area (Å²) in [5, 5.41) is 5.30. The third-order valence-electron chi connectivity index (χ3n) is 4.43. The molecule has 1 aliphatic carbocycles. The molecule has 2 fully saturated rings. The van der Waals surface area contributed by atoms with Gasteiger partial charge in [-0.25, -0.2) is 13.6 Å². The van der Waals surface area contributed by atoms with Crippen molar-refractivity contribution < 1.29 is 13.2 Å². The molecule has 3 heterocycles. The maximum absolute atomic E-state index is 11.6. The van der Waals surface area contributed by atoms with Crippen LogP contribution in [-0.4, -0.2) is 57.0 Å². The fourth-order valence-electron chi connectivity index (χ4n) is 2.89. The number of thiophene rings is 1. The maximum atomic E-state index is 11.6. The van der Waals surface area contributed by atoms with Crippen LogP contribution in [0.2, 0.25) is 0 Å². The van der Waals surface area contributed by atoms with E-state index in [9.17, 15) is 8.42 Å². The Bertz CT molecular complexity index is 749. The first-order valence-electron chi connectivity index (χ1n) is 8.12. The summed E-state index contributed by atoms with van der Waals surface area (Å²) in [4.78, 5) is 2.40. The average Bonchev–Trinajstić information content (AvgIpc) is 3.24. The number of hydrogen-bond donors (Lipinski definition) is 1. The first kappa shape index (κ1) is 16.9. The molecule has 0 atom stereocenters. The van der Waals surface area contributed by atoms with E-state index in [0.717, 1.165) is 55.1 Å². The smallest absolute Gasteiger partial charge is 0.247 e. The van der Waals surface area contributed by atoms with Crippen LogP contribution in [0.5, 0.6) is 0 Å². The highest BCUT2D eigenvalue weighted by atomic mass is 32.3. The summed E-state index contributed by atoms with van der Waals surface area (Å²) in [5.74, 6) is 0.768. The molecule has 1 aromatic heterocycles. The zero-order chi connectivity index (χ0) is 16.7. The summed E-state index contributed by atoms with van der Waals surface area (Å²) in [6.45, 7) is 5.35. The van der Waals surface area contributed by atoms with Crippen molar-refractivity contribution in [2.75, 3.05) is 39.4 Å². The second kappa shape index (κ2) is 6.62. The minimum Gasteiger partial charge on any atom is -0.379 e. The molecule has 9 heteroatoms. The Labute approximate surface area is 150 Å². The lowest BCUT2D eigenvalue weighted by molar-refractivity contribution is 0.0407. The normalized spacial score (nSPS) is 22.4. The quantitative estimate of drug-likeness (QED) is 0.777. The van der Waals surface area contributed by atoms with Crippen LogP contribution in [0.3, 0.4) is 0 Å². The van der Waals surface area contributed by atoms with Crippen molar-refractivity contribution in [2.24, 2.45) is 11.1 Å². The molecule has 24 heavy (non-hydrogen) atoms. The predicted octanol–water partition coefficient (Wildman–Crippen LogP) is 1.80. The average molecular weight is 388 g/mol. The molecule has 1 aromatic rings. The van der Waals surface area contributed by atoms with Crippen LogP contribution < -0.4 is 5.14 Å². The Balaban J connectivity index is 1.60. The first-order valence-corrected chi connectivity index (χ1v) is 11.3. The number of morpholine rings is 1. The number of nitrogens with zero attached hydrogens (tertiary/aromatic N) is 2. The van der Waals surface area contributed by atoms with E-state index in [1.165, 1.54) is 29.9 Å². The molecular weight excluding hydrogens is 366 g/mol. The minimum absolute atomic E-state index is 0.246. The molecule has 132 valence electrons. The number of ether oxygens (including phenoxy) is 1. The van der Waals surface area contributed by atoms with Gasteiger partial charge in [-0.3, -0.25) is 4.90 Å². The van der Waals surface area contributed by atoms with Crippen molar-refractivity contribution in [3.8, 4) is 0 Å². The molecule has 4 rings (SSSR count). The van der Waals surface area contributed by atoms with E-state index in [2.05, 4.69) is 15.3 Å². The summed E-state index contributed by atoms with van der Waals surface area (Å²) in [7, 11) is -3.64. The van der Waals surface area contributed by atoms with Gasteiger partial charge >= 0.3 is 0 Å². The number of hydrogen-bond acceptors (Lipinski definition) is 7. The lowest BCUT2D eigenvalue weighted by atomic mass is 10.2. The summed E-state index contributed by atoms with van der Waals surface area (Å²) < 4.78 is 32.3. The molecule has 0 amide bonds. The third-order valence-corrected chi connectivity index (χ3v) is 8.27. The van der Waals surface area contributed by atoms with Crippen molar-refractivity contribution >= 4 is 39.4 Å². The van der Waals surface area contributed by atoms with Crippen molar-refractivity contribution in [2.45, 2.75) is 21.3 Å².